The van der Waals surface area contributed by atoms with Gasteiger partial charge in [0.05, 0.1) is 11.4 Å². The molecular formula is C32H20N6. The molecule has 38 heavy (non-hydrogen) atoms. The molecule has 0 radical (unpaired) electrons. The molecule has 7 rings (SSSR count). The molecule has 0 unspecified atom stereocenters. The number of rotatable bonds is 4. The SMILES string of the molecule is c1ccc(-c2ccc(-c3nnc(-c4ccc(-c5ccccn5)c5ccccc45)nn3)c3ccccc23)nc1. The van der Waals surface area contributed by atoms with Gasteiger partial charge >= 0.3 is 0 Å². The summed E-state index contributed by atoms with van der Waals surface area (Å²) in [6, 6.07) is 36.4. The minimum atomic E-state index is 0.479. The van der Waals surface area contributed by atoms with Crippen LogP contribution in [-0.2, 0) is 0 Å². The van der Waals surface area contributed by atoms with Crippen LogP contribution < -0.4 is 0 Å². The fourth-order valence-electron chi connectivity index (χ4n) is 4.92. The van der Waals surface area contributed by atoms with Gasteiger partial charge in [-0.3, -0.25) is 9.97 Å². The lowest BCUT2D eigenvalue weighted by molar-refractivity contribution is 0.878. The Morgan fingerprint density at radius 3 is 1.03 bits per heavy atom. The van der Waals surface area contributed by atoms with Crippen LogP contribution in [0.4, 0.5) is 0 Å². The summed E-state index contributed by atoms with van der Waals surface area (Å²) >= 11 is 0. The number of benzene rings is 4. The van der Waals surface area contributed by atoms with E-state index in [1.807, 2.05) is 72.8 Å². The predicted octanol–water partition coefficient (Wildman–Crippen LogP) is 7.03. The first-order valence-electron chi connectivity index (χ1n) is 12.3. The summed E-state index contributed by atoms with van der Waals surface area (Å²) in [7, 11) is 0. The summed E-state index contributed by atoms with van der Waals surface area (Å²) < 4.78 is 0. The predicted molar refractivity (Wildman–Crippen MR) is 150 cm³/mol. The van der Waals surface area contributed by atoms with Crippen LogP contribution in [0.25, 0.3) is 66.8 Å². The van der Waals surface area contributed by atoms with Gasteiger partial charge in [-0.25, -0.2) is 0 Å². The van der Waals surface area contributed by atoms with E-state index in [2.05, 4.69) is 66.8 Å². The van der Waals surface area contributed by atoms with Gasteiger partial charge in [0.1, 0.15) is 0 Å². The molecule has 0 N–H and O–H groups in total. The van der Waals surface area contributed by atoms with Crippen molar-refractivity contribution in [2.75, 3.05) is 0 Å². The first-order chi connectivity index (χ1) is 18.9. The maximum Gasteiger partial charge on any atom is 0.204 e. The molecule has 7 aromatic rings. The highest BCUT2D eigenvalue weighted by Gasteiger charge is 2.15. The molecule has 0 atom stereocenters. The lowest BCUT2D eigenvalue weighted by Crippen LogP contribution is -2.01. The fraction of sp³-hybridized carbons (Fsp3) is 0. The number of fused-ring (bicyclic) bond motifs is 2. The van der Waals surface area contributed by atoms with Gasteiger partial charge in [-0.15, -0.1) is 20.4 Å². The molecule has 0 saturated heterocycles. The summed E-state index contributed by atoms with van der Waals surface area (Å²) in [5.41, 5.74) is 5.71. The summed E-state index contributed by atoms with van der Waals surface area (Å²) in [6.07, 6.45) is 3.61. The number of pyridine rings is 2. The third kappa shape index (κ3) is 3.76. The number of hydrogen-bond donors (Lipinski definition) is 0. The second-order valence-electron chi connectivity index (χ2n) is 8.89. The van der Waals surface area contributed by atoms with Crippen molar-refractivity contribution in [3.8, 4) is 45.3 Å². The van der Waals surface area contributed by atoms with E-state index in [0.717, 1.165) is 55.2 Å². The van der Waals surface area contributed by atoms with Crippen molar-refractivity contribution in [2.45, 2.75) is 0 Å². The summed E-state index contributed by atoms with van der Waals surface area (Å²) in [6.45, 7) is 0. The topological polar surface area (TPSA) is 77.3 Å². The van der Waals surface area contributed by atoms with Crippen molar-refractivity contribution in [1.82, 2.24) is 30.4 Å². The largest absolute Gasteiger partial charge is 0.256 e. The molecule has 0 bridgehead atoms. The van der Waals surface area contributed by atoms with E-state index in [4.69, 9.17) is 0 Å². The van der Waals surface area contributed by atoms with Crippen LogP contribution >= 0.6 is 0 Å². The molecule has 3 aromatic heterocycles. The molecule has 4 aromatic carbocycles. The average Bonchev–Trinajstić information content (AvgIpc) is 3.01. The zero-order valence-electron chi connectivity index (χ0n) is 20.2. The highest BCUT2D eigenvalue weighted by atomic mass is 15.3. The zero-order valence-corrected chi connectivity index (χ0v) is 20.2. The molecule has 0 aliphatic carbocycles. The lowest BCUT2D eigenvalue weighted by atomic mass is 9.97. The Bertz CT molecular complexity index is 1760. The van der Waals surface area contributed by atoms with Gasteiger partial charge in [0.2, 0.25) is 11.6 Å². The van der Waals surface area contributed by atoms with Crippen LogP contribution in [0.15, 0.2) is 122 Å². The molecule has 6 heteroatoms. The van der Waals surface area contributed by atoms with Crippen LogP contribution in [0.5, 0.6) is 0 Å². The van der Waals surface area contributed by atoms with Crippen molar-refractivity contribution in [3.63, 3.8) is 0 Å². The van der Waals surface area contributed by atoms with Crippen LogP contribution in [0.1, 0.15) is 0 Å². The van der Waals surface area contributed by atoms with Crippen molar-refractivity contribution in [2.24, 2.45) is 0 Å². The van der Waals surface area contributed by atoms with Crippen molar-refractivity contribution >= 4 is 21.5 Å². The summed E-state index contributed by atoms with van der Waals surface area (Å²) in [5.74, 6) is 0.957. The second-order valence-corrected chi connectivity index (χ2v) is 8.89. The van der Waals surface area contributed by atoms with Gasteiger partial charge in [0.15, 0.2) is 0 Å². The molecule has 178 valence electrons. The highest BCUT2D eigenvalue weighted by Crippen LogP contribution is 2.35. The smallest absolute Gasteiger partial charge is 0.204 e. The monoisotopic (exact) mass is 488 g/mol. The third-order valence-corrected chi connectivity index (χ3v) is 6.69. The molecule has 0 spiro atoms. The van der Waals surface area contributed by atoms with E-state index in [1.165, 1.54) is 0 Å². The standard InChI is InChI=1S/C32H20N6/c1-3-11-23-21(9-1)25(29-13-5-7-19-33-29)15-17-27(23)31-35-37-32(38-36-31)28-18-16-26(30-14-6-8-20-34-30)22-10-2-4-12-24(22)28/h1-20H. The quantitative estimate of drug-likeness (QED) is 0.265. The average molecular weight is 489 g/mol. The molecule has 0 aliphatic heterocycles. The molecule has 6 nitrogen and oxygen atoms in total. The van der Waals surface area contributed by atoms with Crippen LogP contribution in [-0.4, -0.2) is 30.4 Å². The van der Waals surface area contributed by atoms with Gasteiger partial charge in [0, 0.05) is 34.6 Å². The van der Waals surface area contributed by atoms with Gasteiger partial charge in [-0.1, -0.05) is 72.8 Å². The summed E-state index contributed by atoms with van der Waals surface area (Å²) in [4.78, 5) is 9.07. The van der Waals surface area contributed by atoms with Gasteiger partial charge in [-0.05, 0) is 57.9 Å². The second kappa shape index (κ2) is 9.26. The molecule has 0 amide bonds. The first-order valence-corrected chi connectivity index (χ1v) is 12.3. The van der Waals surface area contributed by atoms with Crippen molar-refractivity contribution in [1.29, 1.82) is 0 Å². The first kappa shape index (κ1) is 21.9. The molecule has 0 fully saturated rings. The normalized spacial score (nSPS) is 11.2. The Labute approximate surface area is 218 Å². The summed E-state index contributed by atoms with van der Waals surface area (Å²) in [5, 5.41) is 22.3. The van der Waals surface area contributed by atoms with E-state index in [0.29, 0.717) is 11.6 Å². The molecule has 3 heterocycles. The fourth-order valence-corrected chi connectivity index (χ4v) is 4.92. The maximum absolute atomic E-state index is 4.54. The van der Waals surface area contributed by atoms with E-state index >= 15 is 0 Å². The van der Waals surface area contributed by atoms with Crippen molar-refractivity contribution in [3.05, 3.63) is 122 Å². The lowest BCUT2D eigenvalue weighted by Gasteiger charge is -2.11. The highest BCUT2D eigenvalue weighted by molar-refractivity contribution is 6.04. The number of aromatic nitrogens is 6. The third-order valence-electron chi connectivity index (χ3n) is 6.69. The molecule has 0 aliphatic rings. The Hall–Kier alpha value is -5.36. The van der Waals surface area contributed by atoms with Crippen LogP contribution in [0.2, 0.25) is 0 Å². The number of hydrogen-bond acceptors (Lipinski definition) is 6. The van der Waals surface area contributed by atoms with Gasteiger partial charge < -0.3 is 0 Å². The van der Waals surface area contributed by atoms with Gasteiger partial charge in [0.25, 0.3) is 0 Å². The maximum atomic E-state index is 4.54. The van der Waals surface area contributed by atoms with Crippen molar-refractivity contribution < 1.29 is 0 Å². The minimum Gasteiger partial charge on any atom is -0.256 e. The van der Waals surface area contributed by atoms with Gasteiger partial charge in [-0.2, -0.15) is 0 Å². The Kier molecular flexibility index (Phi) is 5.33. The van der Waals surface area contributed by atoms with E-state index in [-0.39, 0.29) is 0 Å². The Morgan fingerprint density at radius 1 is 0.316 bits per heavy atom. The van der Waals surface area contributed by atoms with E-state index in [9.17, 15) is 0 Å². The van der Waals surface area contributed by atoms with E-state index < -0.39 is 0 Å². The van der Waals surface area contributed by atoms with Crippen LogP contribution in [0.3, 0.4) is 0 Å². The number of nitrogens with zero attached hydrogens (tertiary/aromatic N) is 6. The Balaban J connectivity index is 1.31. The Morgan fingerprint density at radius 2 is 0.658 bits per heavy atom. The molecule has 0 saturated carbocycles. The van der Waals surface area contributed by atoms with E-state index in [1.54, 1.807) is 12.4 Å². The zero-order chi connectivity index (χ0) is 25.3. The molecular weight excluding hydrogens is 468 g/mol. The minimum absolute atomic E-state index is 0.479. The van der Waals surface area contributed by atoms with Crippen LogP contribution in [0, 0.1) is 0 Å².